The number of nitrogens with zero attached hydrogens (tertiary/aromatic N) is 4. The van der Waals surface area contributed by atoms with E-state index >= 15 is 0 Å². The van der Waals surface area contributed by atoms with Crippen LogP contribution in [0.1, 0.15) is 32.1 Å². The van der Waals surface area contributed by atoms with Gasteiger partial charge in [0.25, 0.3) is 0 Å². The third-order valence-electron chi connectivity index (χ3n) is 4.74. The molecule has 2 heterocycles. The summed E-state index contributed by atoms with van der Waals surface area (Å²) in [6.07, 6.45) is 8.22. The molecule has 0 unspecified atom stereocenters. The second-order valence-corrected chi connectivity index (χ2v) is 6.80. The Morgan fingerprint density at radius 1 is 1.42 bits per heavy atom. The van der Waals surface area contributed by atoms with Crippen LogP contribution >= 0.6 is 11.6 Å². The molecule has 0 bridgehead atoms. The first-order valence-corrected chi connectivity index (χ1v) is 8.97. The third-order valence-corrected chi connectivity index (χ3v) is 5.02. The highest BCUT2D eigenvalue weighted by atomic mass is 35.5. The lowest BCUT2D eigenvalue weighted by Crippen LogP contribution is -2.40. The Kier molecular flexibility index (Phi) is 5.68. The fourth-order valence-electron chi connectivity index (χ4n) is 3.35. The molecule has 0 radical (unpaired) electrons. The van der Waals surface area contributed by atoms with Gasteiger partial charge in [-0.15, -0.1) is 0 Å². The number of nitrogens with one attached hydrogen (secondary N) is 1. The van der Waals surface area contributed by atoms with Crippen molar-refractivity contribution >= 4 is 28.5 Å². The van der Waals surface area contributed by atoms with Crippen molar-refractivity contribution in [2.24, 2.45) is 0 Å². The Hall–Kier alpha value is -1.66. The molecule has 7 heteroatoms. The minimum Gasteiger partial charge on any atom is -0.353 e. The first-order valence-electron chi connectivity index (χ1n) is 8.59. The molecule has 2 aromatic rings. The Morgan fingerprint density at radius 3 is 3.00 bits per heavy atom. The van der Waals surface area contributed by atoms with Gasteiger partial charge in [-0.1, -0.05) is 30.9 Å². The lowest BCUT2D eigenvalue weighted by Gasteiger charge is -2.31. The molecular weight excluding hydrogens is 326 g/mol. The van der Waals surface area contributed by atoms with E-state index in [4.69, 9.17) is 11.6 Å². The molecular formula is C17H24ClN5O. The van der Waals surface area contributed by atoms with Gasteiger partial charge in [-0.05, 0) is 32.0 Å². The molecule has 130 valence electrons. The molecule has 1 aliphatic rings. The zero-order chi connectivity index (χ0) is 16.9. The van der Waals surface area contributed by atoms with Gasteiger partial charge in [0.15, 0.2) is 10.8 Å². The minimum absolute atomic E-state index is 0.0706. The molecule has 0 saturated heterocycles. The van der Waals surface area contributed by atoms with Crippen LogP contribution in [0, 0.1) is 0 Å². The van der Waals surface area contributed by atoms with Crippen LogP contribution in [0.15, 0.2) is 18.3 Å². The highest BCUT2D eigenvalue weighted by molar-refractivity contribution is 6.34. The summed E-state index contributed by atoms with van der Waals surface area (Å²) in [5.74, 6) is -0.0706. The zero-order valence-electron chi connectivity index (χ0n) is 14.0. The number of carbonyl (C=O) groups excluding carboxylic acids is 1. The molecule has 2 aromatic heterocycles. The van der Waals surface area contributed by atoms with Crippen molar-refractivity contribution in [3.63, 3.8) is 0 Å². The van der Waals surface area contributed by atoms with Crippen molar-refractivity contribution in [3.8, 4) is 0 Å². The van der Waals surface area contributed by atoms with Gasteiger partial charge in [0, 0.05) is 25.3 Å². The maximum atomic E-state index is 12.2. The first kappa shape index (κ1) is 17.2. The summed E-state index contributed by atoms with van der Waals surface area (Å²) in [6.45, 7) is 1.65. The first-order chi connectivity index (χ1) is 11.6. The number of hydrogen-bond acceptors (Lipinski definition) is 4. The summed E-state index contributed by atoms with van der Waals surface area (Å²) in [7, 11) is 2.15. The van der Waals surface area contributed by atoms with Crippen molar-refractivity contribution < 1.29 is 4.79 Å². The number of likely N-dealkylation sites (N-methyl/N-ethyl adjacent to an activating group) is 1. The predicted octanol–water partition coefficient (Wildman–Crippen LogP) is 2.47. The summed E-state index contributed by atoms with van der Waals surface area (Å²) >= 11 is 6.08. The minimum atomic E-state index is -0.0706. The number of carbonyl (C=O) groups is 1. The Morgan fingerprint density at radius 2 is 2.21 bits per heavy atom. The number of fused-ring (bicyclic) bond motifs is 1. The van der Waals surface area contributed by atoms with Gasteiger partial charge in [-0.2, -0.15) is 5.10 Å². The van der Waals surface area contributed by atoms with E-state index < -0.39 is 0 Å². The summed E-state index contributed by atoms with van der Waals surface area (Å²) in [6, 6.07) is 4.32. The van der Waals surface area contributed by atoms with E-state index in [1.807, 2.05) is 6.07 Å². The van der Waals surface area contributed by atoms with E-state index in [1.165, 1.54) is 32.1 Å². The number of halogens is 1. The van der Waals surface area contributed by atoms with Crippen molar-refractivity contribution in [1.29, 1.82) is 0 Å². The van der Waals surface area contributed by atoms with Gasteiger partial charge in [0.2, 0.25) is 5.91 Å². The molecule has 6 nitrogen and oxygen atoms in total. The average molecular weight is 350 g/mol. The topological polar surface area (TPSA) is 63.1 Å². The van der Waals surface area contributed by atoms with Crippen LogP contribution < -0.4 is 5.32 Å². The van der Waals surface area contributed by atoms with Crippen LogP contribution in [0.3, 0.4) is 0 Å². The number of rotatable bonds is 6. The second-order valence-electron chi connectivity index (χ2n) is 6.45. The maximum absolute atomic E-state index is 12.2. The summed E-state index contributed by atoms with van der Waals surface area (Å²) in [5.41, 5.74) is 0.636. The predicted molar refractivity (Wildman–Crippen MR) is 95.1 cm³/mol. The van der Waals surface area contributed by atoms with Gasteiger partial charge in [0.05, 0.1) is 5.39 Å². The molecule has 0 atom stereocenters. The highest BCUT2D eigenvalue weighted by Gasteiger charge is 2.18. The van der Waals surface area contributed by atoms with Crippen LogP contribution in [0.25, 0.3) is 11.0 Å². The summed E-state index contributed by atoms with van der Waals surface area (Å²) in [5, 5.41) is 8.30. The quantitative estimate of drug-likeness (QED) is 0.870. The van der Waals surface area contributed by atoms with Crippen LogP contribution in [0.2, 0.25) is 5.15 Å². The SMILES string of the molecule is CN(CCNC(=O)Cn1nc(Cl)c2cccnc21)C1CCCCC1. The molecule has 1 saturated carbocycles. The molecule has 0 aromatic carbocycles. The molecule has 0 spiro atoms. The third kappa shape index (κ3) is 4.05. The second kappa shape index (κ2) is 7.94. The standard InChI is InChI=1S/C17H24ClN5O/c1-22(13-6-3-2-4-7-13)11-10-19-15(24)12-23-17-14(16(18)21-23)8-5-9-20-17/h5,8-9,13H,2-4,6-7,10-12H2,1H3,(H,19,24). The van der Waals surface area contributed by atoms with E-state index in [1.54, 1.807) is 16.9 Å². The van der Waals surface area contributed by atoms with Crippen molar-refractivity contribution in [2.75, 3.05) is 20.1 Å². The fourth-order valence-corrected chi connectivity index (χ4v) is 3.59. The van der Waals surface area contributed by atoms with E-state index in [2.05, 4.69) is 27.3 Å². The van der Waals surface area contributed by atoms with Crippen molar-refractivity contribution in [3.05, 3.63) is 23.5 Å². The lowest BCUT2D eigenvalue weighted by atomic mass is 9.94. The molecule has 0 aliphatic heterocycles. The van der Waals surface area contributed by atoms with E-state index in [0.29, 0.717) is 23.4 Å². The van der Waals surface area contributed by atoms with E-state index in [0.717, 1.165) is 11.9 Å². The number of amides is 1. The van der Waals surface area contributed by atoms with E-state index in [9.17, 15) is 4.79 Å². The average Bonchev–Trinajstić information content (AvgIpc) is 2.92. The van der Waals surface area contributed by atoms with Crippen LogP contribution in [-0.4, -0.2) is 51.8 Å². The number of aromatic nitrogens is 3. The maximum Gasteiger partial charge on any atom is 0.241 e. The van der Waals surface area contributed by atoms with Crippen molar-refractivity contribution in [1.82, 2.24) is 25.0 Å². The van der Waals surface area contributed by atoms with Gasteiger partial charge >= 0.3 is 0 Å². The van der Waals surface area contributed by atoms with E-state index in [-0.39, 0.29) is 12.5 Å². The normalized spacial score (nSPS) is 16.0. The van der Waals surface area contributed by atoms with Crippen LogP contribution in [0.5, 0.6) is 0 Å². The largest absolute Gasteiger partial charge is 0.353 e. The fraction of sp³-hybridized carbons (Fsp3) is 0.588. The lowest BCUT2D eigenvalue weighted by molar-refractivity contribution is -0.121. The molecule has 1 aliphatic carbocycles. The zero-order valence-corrected chi connectivity index (χ0v) is 14.8. The molecule has 24 heavy (non-hydrogen) atoms. The van der Waals surface area contributed by atoms with Crippen molar-refractivity contribution in [2.45, 2.75) is 44.7 Å². The van der Waals surface area contributed by atoms with Gasteiger partial charge < -0.3 is 10.2 Å². The monoisotopic (exact) mass is 349 g/mol. The Labute approximate surface area is 147 Å². The number of pyridine rings is 1. The molecule has 1 N–H and O–H groups in total. The van der Waals surface area contributed by atoms with Gasteiger partial charge in [-0.3, -0.25) is 4.79 Å². The van der Waals surface area contributed by atoms with Gasteiger partial charge in [-0.25, -0.2) is 9.67 Å². The Balaban J connectivity index is 1.48. The van der Waals surface area contributed by atoms with Crippen LogP contribution in [-0.2, 0) is 11.3 Å². The molecule has 1 fully saturated rings. The van der Waals surface area contributed by atoms with Gasteiger partial charge in [0.1, 0.15) is 6.54 Å². The summed E-state index contributed by atoms with van der Waals surface area (Å²) in [4.78, 5) is 18.8. The molecule has 3 rings (SSSR count). The highest BCUT2D eigenvalue weighted by Crippen LogP contribution is 2.21. The summed E-state index contributed by atoms with van der Waals surface area (Å²) < 4.78 is 1.55. The van der Waals surface area contributed by atoms with Crippen LogP contribution in [0.4, 0.5) is 0 Å². The number of hydrogen-bond donors (Lipinski definition) is 1. The smallest absolute Gasteiger partial charge is 0.241 e. The molecule has 1 amide bonds. The Bertz CT molecular complexity index is 695.